The summed E-state index contributed by atoms with van der Waals surface area (Å²) in [5.74, 6) is 0. The number of hydrogen-bond donors (Lipinski definition) is 2. The Morgan fingerprint density at radius 1 is 1.53 bits per heavy atom. The first kappa shape index (κ1) is 12.3. The molecule has 1 heterocycles. The molecule has 2 rings (SSSR count). The molecule has 3 N–H and O–H groups in total. The first-order chi connectivity index (χ1) is 7.99. The summed E-state index contributed by atoms with van der Waals surface area (Å²) in [6, 6.07) is 1.49. The van der Waals surface area contributed by atoms with Crippen molar-refractivity contribution in [1.29, 1.82) is 0 Å². The number of sulfonamides is 1. The quantitative estimate of drug-likeness (QED) is 0.848. The summed E-state index contributed by atoms with van der Waals surface area (Å²) in [4.78, 5) is 3.88. The molecule has 6 heteroatoms. The molecule has 5 nitrogen and oxygen atoms in total. The molecule has 0 amide bonds. The number of hydrogen-bond acceptors (Lipinski definition) is 4. The SMILES string of the molecule is CCC1(NS(=O)(=O)c2cnccc2N)CCC1. The molecule has 0 unspecified atom stereocenters. The van der Waals surface area contributed by atoms with Crippen molar-refractivity contribution >= 4 is 15.7 Å². The third-order valence-corrected chi connectivity index (χ3v) is 5.07. The average molecular weight is 255 g/mol. The maximum Gasteiger partial charge on any atom is 0.244 e. The predicted molar refractivity (Wildman–Crippen MR) is 65.8 cm³/mol. The normalized spacial score (nSPS) is 18.6. The number of rotatable bonds is 4. The van der Waals surface area contributed by atoms with E-state index in [1.807, 2.05) is 6.92 Å². The van der Waals surface area contributed by atoms with Crippen molar-refractivity contribution in [2.24, 2.45) is 0 Å². The van der Waals surface area contributed by atoms with Gasteiger partial charge in [0.25, 0.3) is 0 Å². The summed E-state index contributed by atoms with van der Waals surface area (Å²) in [7, 11) is -3.56. The number of nitrogens with two attached hydrogens (primary N) is 1. The van der Waals surface area contributed by atoms with Gasteiger partial charge in [0.05, 0.1) is 5.69 Å². The molecule has 0 radical (unpaired) electrons. The lowest BCUT2D eigenvalue weighted by Gasteiger charge is -2.41. The maximum absolute atomic E-state index is 12.2. The van der Waals surface area contributed by atoms with Crippen molar-refractivity contribution in [2.45, 2.75) is 43.0 Å². The Morgan fingerprint density at radius 2 is 2.24 bits per heavy atom. The van der Waals surface area contributed by atoms with Crippen LogP contribution in [0.25, 0.3) is 0 Å². The van der Waals surface area contributed by atoms with Crippen LogP contribution in [0.3, 0.4) is 0 Å². The van der Waals surface area contributed by atoms with Crippen LogP contribution >= 0.6 is 0 Å². The zero-order chi connectivity index (χ0) is 12.5. The molecule has 94 valence electrons. The third-order valence-electron chi connectivity index (χ3n) is 3.44. The number of pyridine rings is 1. The fourth-order valence-corrected chi connectivity index (χ4v) is 3.69. The van der Waals surface area contributed by atoms with Gasteiger partial charge < -0.3 is 5.73 Å². The van der Waals surface area contributed by atoms with E-state index in [1.54, 1.807) is 0 Å². The van der Waals surface area contributed by atoms with E-state index in [1.165, 1.54) is 18.5 Å². The minimum atomic E-state index is -3.56. The number of aromatic nitrogens is 1. The second-order valence-corrected chi connectivity index (χ2v) is 6.16. The molecule has 1 saturated carbocycles. The number of nitrogens with one attached hydrogen (secondary N) is 1. The summed E-state index contributed by atoms with van der Waals surface area (Å²) in [5, 5.41) is 0. The first-order valence-corrected chi connectivity index (χ1v) is 7.21. The van der Waals surface area contributed by atoms with Crippen molar-refractivity contribution in [3.05, 3.63) is 18.5 Å². The molecular formula is C11H17N3O2S. The van der Waals surface area contributed by atoms with Crippen LogP contribution in [0.1, 0.15) is 32.6 Å². The maximum atomic E-state index is 12.2. The summed E-state index contributed by atoms with van der Waals surface area (Å²) in [6.07, 6.45) is 6.42. The van der Waals surface area contributed by atoms with E-state index >= 15 is 0 Å². The lowest BCUT2D eigenvalue weighted by molar-refractivity contribution is 0.214. The van der Waals surface area contributed by atoms with E-state index < -0.39 is 10.0 Å². The van der Waals surface area contributed by atoms with Gasteiger partial charge in [-0.05, 0) is 31.7 Å². The summed E-state index contributed by atoms with van der Waals surface area (Å²) in [5.41, 5.74) is 5.62. The van der Waals surface area contributed by atoms with E-state index in [2.05, 4.69) is 9.71 Å². The van der Waals surface area contributed by atoms with Crippen molar-refractivity contribution < 1.29 is 8.42 Å². The molecule has 0 aromatic carbocycles. The minimum absolute atomic E-state index is 0.0692. The molecular weight excluding hydrogens is 238 g/mol. The topological polar surface area (TPSA) is 85.1 Å². The van der Waals surface area contributed by atoms with E-state index in [0.717, 1.165) is 25.7 Å². The highest BCUT2D eigenvalue weighted by Gasteiger charge is 2.39. The standard InChI is InChI=1S/C11H17N3O2S/c1-2-11(5-3-6-11)14-17(15,16)10-8-13-7-4-9(10)12/h4,7-8,14H,2-3,5-6H2,1H3,(H2,12,13). The Hall–Kier alpha value is -1.14. The fraction of sp³-hybridized carbons (Fsp3) is 0.545. The predicted octanol–water partition coefficient (Wildman–Crippen LogP) is 1.27. The van der Waals surface area contributed by atoms with Gasteiger partial charge in [0.2, 0.25) is 10.0 Å². The van der Waals surface area contributed by atoms with Crippen LogP contribution in [0.4, 0.5) is 5.69 Å². The zero-order valence-corrected chi connectivity index (χ0v) is 10.6. The van der Waals surface area contributed by atoms with Gasteiger partial charge in [-0.25, -0.2) is 13.1 Å². The fourth-order valence-electron chi connectivity index (χ4n) is 2.09. The highest BCUT2D eigenvalue weighted by molar-refractivity contribution is 7.89. The Labute approximate surface area is 101 Å². The van der Waals surface area contributed by atoms with Gasteiger partial charge in [-0.3, -0.25) is 4.98 Å². The smallest absolute Gasteiger partial charge is 0.244 e. The lowest BCUT2D eigenvalue weighted by Crippen LogP contribution is -2.52. The van der Waals surface area contributed by atoms with Crippen molar-refractivity contribution in [1.82, 2.24) is 9.71 Å². The van der Waals surface area contributed by atoms with Crippen LogP contribution in [-0.4, -0.2) is 18.9 Å². The molecule has 1 aliphatic rings. The Balaban J connectivity index is 2.29. The molecule has 0 spiro atoms. The Bertz CT molecular complexity index is 504. The van der Waals surface area contributed by atoms with Gasteiger partial charge in [-0.15, -0.1) is 0 Å². The van der Waals surface area contributed by atoms with E-state index in [-0.39, 0.29) is 16.1 Å². The van der Waals surface area contributed by atoms with Gasteiger partial charge in [0.1, 0.15) is 4.90 Å². The van der Waals surface area contributed by atoms with Crippen LogP contribution in [0.5, 0.6) is 0 Å². The Kier molecular flexibility index (Phi) is 3.09. The summed E-state index contributed by atoms with van der Waals surface area (Å²) in [6.45, 7) is 1.99. The van der Waals surface area contributed by atoms with Gasteiger partial charge in [0, 0.05) is 17.9 Å². The monoisotopic (exact) mass is 255 g/mol. The summed E-state index contributed by atoms with van der Waals surface area (Å²) < 4.78 is 27.1. The van der Waals surface area contributed by atoms with Crippen LogP contribution < -0.4 is 10.5 Å². The Morgan fingerprint density at radius 3 is 2.71 bits per heavy atom. The van der Waals surface area contributed by atoms with Crippen LogP contribution in [0, 0.1) is 0 Å². The van der Waals surface area contributed by atoms with Gasteiger partial charge in [-0.1, -0.05) is 6.92 Å². The average Bonchev–Trinajstić information content (AvgIpc) is 2.24. The van der Waals surface area contributed by atoms with Gasteiger partial charge >= 0.3 is 0 Å². The van der Waals surface area contributed by atoms with Crippen molar-refractivity contribution in [3.63, 3.8) is 0 Å². The number of anilines is 1. The van der Waals surface area contributed by atoms with Gasteiger partial charge in [-0.2, -0.15) is 0 Å². The van der Waals surface area contributed by atoms with Crippen LogP contribution in [0.2, 0.25) is 0 Å². The molecule has 0 aliphatic heterocycles. The third kappa shape index (κ3) is 2.28. The van der Waals surface area contributed by atoms with Crippen molar-refractivity contribution in [3.8, 4) is 0 Å². The van der Waals surface area contributed by atoms with Gasteiger partial charge in [0.15, 0.2) is 0 Å². The summed E-state index contributed by atoms with van der Waals surface area (Å²) >= 11 is 0. The van der Waals surface area contributed by atoms with Crippen LogP contribution in [-0.2, 0) is 10.0 Å². The number of nitrogen functional groups attached to an aromatic ring is 1. The molecule has 1 aromatic rings. The zero-order valence-electron chi connectivity index (χ0n) is 9.81. The molecule has 0 saturated heterocycles. The second-order valence-electron chi connectivity index (χ2n) is 4.51. The van der Waals surface area contributed by atoms with E-state index in [0.29, 0.717) is 0 Å². The molecule has 1 fully saturated rings. The first-order valence-electron chi connectivity index (χ1n) is 5.73. The largest absolute Gasteiger partial charge is 0.398 e. The van der Waals surface area contributed by atoms with Crippen LogP contribution in [0.15, 0.2) is 23.4 Å². The molecule has 0 bridgehead atoms. The second kappa shape index (κ2) is 4.27. The van der Waals surface area contributed by atoms with Crippen molar-refractivity contribution in [2.75, 3.05) is 5.73 Å². The molecule has 1 aliphatic carbocycles. The van der Waals surface area contributed by atoms with E-state index in [9.17, 15) is 8.42 Å². The lowest BCUT2D eigenvalue weighted by atomic mass is 9.76. The number of nitrogens with zero attached hydrogens (tertiary/aromatic N) is 1. The molecule has 17 heavy (non-hydrogen) atoms. The molecule has 1 aromatic heterocycles. The molecule has 0 atom stereocenters. The van der Waals surface area contributed by atoms with E-state index in [4.69, 9.17) is 5.73 Å². The highest BCUT2D eigenvalue weighted by Crippen LogP contribution is 2.36. The highest BCUT2D eigenvalue weighted by atomic mass is 32.2. The minimum Gasteiger partial charge on any atom is -0.398 e.